The molecule has 18 heavy (non-hydrogen) atoms. The quantitative estimate of drug-likeness (QED) is 0.705. The molecule has 0 unspecified atom stereocenters. The van der Waals surface area contributed by atoms with Crippen molar-refractivity contribution >= 4 is 11.0 Å². The van der Waals surface area contributed by atoms with Gasteiger partial charge in [-0.05, 0) is 25.1 Å². The Balaban J connectivity index is 2.11. The second kappa shape index (κ2) is 4.49. The lowest BCUT2D eigenvalue weighted by molar-refractivity contribution is 0.326. The molecular weight excluding hydrogens is 226 g/mol. The van der Waals surface area contributed by atoms with Gasteiger partial charge in [-0.1, -0.05) is 18.2 Å². The van der Waals surface area contributed by atoms with Crippen LogP contribution in [0.5, 0.6) is 5.88 Å². The van der Waals surface area contributed by atoms with Gasteiger partial charge in [-0.25, -0.2) is 4.98 Å². The fourth-order valence-electron chi connectivity index (χ4n) is 1.91. The highest BCUT2D eigenvalue weighted by molar-refractivity contribution is 5.76. The van der Waals surface area contributed by atoms with Crippen LogP contribution in [-0.2, 0) is 0 Å². The van der Waals surface area contributed by atoms with Gasteiger partial charge in [0.1, 0.15) is 12.1 Å². The summed E-state index contributed by atoms with van der Waals surface area (Å²) in [4.78, 5) is 8.81. The third-order valence-electron chi connectivity index (χ3n) is 2.70. The van der Waals surface area contributed by atoms with Crippen molar-refractivity contribution in [3.8, 4) is 11.7 Å². The zero-order valence-electron chi connectivity index (χ0n) is 10.1. The zero-order chi connectivity index (χ0) is 12.4. The summed E-state index contributed by atoms with van der Waals surface area (Å²) in [6.45, 7) is 2.56. The fourth-order valence-corrected chi connectivity index (χ4v) is 1.91. The zero-order valence-corrected chi connectivity index (χ0v) is 10.1. The normalized spacial score (nSPS) is 10.7. The number of para-hydroxylation sites is 2. The molecule has 0 aliphatic carbocycles. The van der Waals surface area contributed by atoms with Crippen LogP contribution in [-0.4, -0.2) is 21.1 Å². The van der Waals surface area contributed by atoms with Gasteiger partial charge in [-0.15, -0.1) is 0 Å². The predicted octanol–water partition coefficient (Wildman–Crippen LogP) is 2.82. The Morgan fingerprint density at radius 1 is 1.11 bits per heavy atom. The van der Waals surface area contributed by atoms with Crippen LogP contribution in [0.4, 0.5) is 0 Å². The average Bonchev–Trinajstić information content (AvgIpc) is 2.83. The Labute approximate surface area is 105 Å². The highest BCUT2D eigenvalue weighted by Gasteiger charge is 2.05. The topological polar surface area (TPSA) is 39.9 Å². The summed E-state index contributed by atoms with van der Waals surface area (Å²) in [5, 5.41) is 0. The van der Waals surface area contributed by atoms with Gasteiger partial charge in [0.05, 0.1) is 17.6 Å². The van der Waals surface area contributed by atoms with Crippen LogP contribution in [0.15, 0.2) is 48.8 Å². The van der Waals surface area contributed by atoms with Gasteiger partial charge < -0.3 is 4.74 Å². The van der Waals surface area contributed by atoms with E-state index >= 15 is 0 Å². The molecule has 90 valence electrons. The van der Waals surface area contributed by atoms with E-state index in [1.807, 2.05) is 54.0 Å². The highest BCUT2D eigenvalue weighted by Crippen LogP contribution is 2.18. The van der Waals surface area contributed by atoms with Crippen LogP contribution in [0, 0.1) is 0 Å². The molecule has 4 heteroatoms. The van der Waals surface area contributed by atoms with Crippen LogP contribution >= 0.6 is 0 Å². The molecule has 0 spiro atoms. The summed E-state index contributed by atoms with van der Waals surface area (Å²) >= 11 is 0. The van der Waals surface area contributed by atoms with Crippen molar-refractivity contribution in [3.63, 3.8) is 0 Å². The van der Waals surface area contributed by atoms with E-state index in [1.54, 1.807) is 6.33 Å². The Morgan fingerprint density at radius 3 is 2.89 bits per heavy atom. The molecular formula is C14H13N3O. The summed E-state index contributed by atoms with van der Waals surface area (Å²) in [6.07, 6.45) is 1.78. The first-order valence-electron chi connectivity index (χ1n) is 5.91. The maximum atomic E-state index is 5.41. The largest absolute Gasteiger partial charge is 0.478 e. The van der Waals surface area contributed by atoms with Gasteiger partial charge in [-0.2, -0.15) is 4.98 Å². The summed E-state index contributed by atoms with van der Waals surface area (Å²) in [5.74, 6) is 1.45. The molecule has 0 saturated heterocycles. The van der Waals surface area contributed by atoms with Crippen molar-refractivity contribution in [3.05, 3.63) is 48.8 Å². The molecule has 0 fully saturated rings. The van der Waals surface area contributed by atoms with Crippen LogP contribution in [0.3, 0.4) is 0 Å². The Hall–Kier alpha value is -2.36. The second-order valence-corrected chi connectivity index (χ2v) is 3.87. The summed E-state index contributed by atoms with van der Waals surface area (Å²) in [7, 11) is 0. The van der Waals surface area contributed by atoms with E-state index in [9.17, 15) is 0 Å². The molecule has 0 amide bonds. The first-order valence-corrected chi connectivity index (χ1v) is 5.91. The number of nitrogens with zero attached hydrogens (tertiary/aromatic N) is 3. The summed E-state index contributed by atoms with van der Waals surface area (Å²) < 4.78 is 7.37. The number of aromatic nitrogens is 3. The number of fused-ring (bicyclic) bond motifs is 1. The number of imidazole rings is 1. The number of ether oxygens (including phenoxy) is 1. The van der Waals surface area contributed by atoms with Gasteiger partial charge in [0.2, 0.25) is 5.88 Å². The predicted molar refractivity (Wildman–Crippen MR) is 70.0 cm³/mol. The van der Waals surface area contributed by atoms with Crippen LogP contribution in [0.2, 0.25) is 0 Å². The third-order valence-corrected chi connectivity index (χ3v) is 2.70. The fraction of sp³-hybridized carbons (Fsp3) is 0.143. The van der Waals surface area contributed by atoms with Crippen molar-refractivity contribution in [2.24, 2.45) is 0 Å². The number of hydrogen-bond donors (Lipinski definition) is 0. The van der Waals surface area contributed by atoms with Gasteiger partial charge in [0, 0.05) is 6.07 Å². The van der Waals surface area contributed by atoms with Gasteiger partial charge in [0.15, 0.2) is 0 Å². The number of pyridine rings is 1. The van der Waals surface area contributed by atoms with E-state index in [1.165, 1.54) is 0 Å². The lowest BCUT2D eigenvalue weighted by atomic mass is 10.3. The number of hydrogen-bond acceptors (Lipinski definition) is 3. The molecule has 0 saturated carbocycles. The Morgan fingerprint density at radius 2 is 2.00 bits per heavy atom. The molecule has 3 aromatic rings. The van der Waals surface area contributed by atoms with E-state index in [-0.39, 0.29) is 0 Å². The molecule has 3 rings (SSSR count). The smallest absolute Gasteiger partial charge is 0.215 e. The monoisotopic (exact) mass is 239 g/mol. The van der Waals surface area contributed by atoms with E-state index < -0.39 is 0 Å². The van der Waals surface area contributed by atoms with Gasteiger partial charge in [-0.3, -0.25) is 4.57 Å². The summed E-state index contributed by atoms with van der Waals surface area (Å²) in [6, 6.07) is 13.7. The molecule has 0 aliphatic rings. The van der Waals surface area contributed by atoms with Crippen molar-refractivity contribution in [2.75, 3.05) is 6.61 Å². The first-order chi connectivity index (χ1) is 8.88. The van der Waals surface area contributed by atoms with E-state index in [0.29, 0.717) is 12.5 Å². The molecule has 1 aromatic carbocycles. The molecule has 0 bridgehead atoms. The lowest BCUT2D eigenvalue weighted by Crippen LogP contribution is -1.99. The lowest BCUT2D eigenvalue weighted by Gasteiger charge is -2.06. The minimum Gasteiger partial charge on any atom is -0.478 e. The maximum absolute atomic E-state index is 5.41. The number of benzene rings is 1. The third kappa shape index (κ3) is 1.82. The minimum atomic E-state index is 0.612. The second-order valence-electron chi connectivity index (χ2n) is 3.87. The van der Waals surface area contributed by atoms with Gasteiger partial charge >= 0.3 is 0 Å². The highest BCUT2D eigenvalue weighted by atomic mass is 16.5. The summed E-state index contributed by atoms with van der Waals surface area (Å²) in [5.41, 5.74) is 2.00. The average molecular weight is 239 g/mol. The Kier molecular flexibility index (Phi) is 2.68. The standard InChI is InChI=1S/C14H13N3O/c1-2-18-14-9-5-8-13(16-14)17-10-15-11-6-3-4-7-12(11)17/h3-10H,2H2,1H3. The molecule has 4 nitrogen and oxygen atoms in total. The van der Waals surface area contributed by atoms with Crippen LogP contribution in [0.1, 0.15) is 6.92 Å². The molecule has 0 radical (unpaired) electrons. The van der Waals surface area contributed by atoms with E-state index in [0.717, 1.165) is 16.9 Å². The van der Waals surface area contributed by atoms with Crippen molar-refractivity contribution in [2.45, 2.75) is 6.92 Å². The molecule has 0 N–H and O–H groups in total. The molecule has 2 aromatic heterocycles. The van der Waals surface area contributed by atoms with Crippen molar-refractivity contribution < 1.29 is 4.74 Å². The van der Waals surface area contributed by atoms with E-state index in [2.05, 4.69) is 9.97 Å². The SMILES string of the molecule is CCOc1cccc(-n2cnc3ccccc32)n1. The molecule has 0 aliphatic heterocycles. The number of rotatable bonds is 3. The van der Waals surface area contributed by atoms with Crippen LogP contribution in [0.25, 0.3) is 16.9 Å². The molecule has 0 atom stereocenters. The first kappa shape index (κ1) is 10.8. The van der Waals surface area contributed by atoms with E-state index in [4.69, 9.17) is 4.74 Å². The van der Waals surface area contributed by atoms with Crippen LogP contribution < -0.4 is 4.74 Å². The van der Waals surface area contributed by atoms with Crippen molar-refractivity contribution in [1.82, 2.24) is 14.5 Å². The maximum Gasteiger partial charge on any atom is 0.215 e. The van der Waals surface area contributed by atoms with Gasteiger partial charge in [0.25, 0.3) is 0 Å². The minimum absolute atomic E-state index is 0.612. The van der Waals surface area contributed by atoms with Crippen molar-refractivity contribution in [1.29, 1.82) is 0 Å². The molecule has 2 heterocycles. The Bertz CT molecular complexity index is 675.